The smallest absolute Gasteiger partial charge is 0.391 e. The fourth-order valence-electron chi connectivity index (χ4n) is 0.949. The molecule has 0 spiro atoms. The Morgan fingerprint density at radius 3 is 2.15 bits per heavy atom. The molecule has 0 radical (unpaired) electrons. The minimum Gasteiger partial charge on any atom is -0.391 e. The van der Waals surface area contributed by atoms with Gasteiger partial charge in [-0.15, -0.1) is 0 Å². The molecule has 0 aliphatic heterocycles. The fraction of sp³-hybridized carbons (Fsp3) is 1.00. The molecular formula is C7H17O5P. The van der Waals surface area contributed by atoms with Crippen LogP contribution in [0.4, 0.5) is 0 Å². The zero-order valence-electron chi connectivity index (χ0n) is 8.10. The van der Waals surface area contributed by atoms with E-state index >= 15 is 0 Å². The monoisotopic (exact) mass is 212 g/mol. The molecule has 1 atom stereocenters. The molecule has 0 aromatic heterocycles. The van der Waals surface area contributed by atoms with Gasteiger partial charge in [-0.3, -0.25) is 4.52 Å². The van der Waals surface area contributed by atoms with E-state index in [0.717, 1.165) is 0 Å². The highest BCUT2D eigenvalue weighted by molar-refractivity contribution is 7.46. The van der Waals surface area contributed by atoms with E-state index in [1.54, 1.807) is 0 Å². The summed E-state index contributed by atoms with van der Waals surface area (Å²) >= 11 is 0. The molecular weight excluding hydrogens is 195 g/mol. The Balaban J connectivity index is 3.77. The van der Waals surface area contributed by atoms with Crippen molar-refractivity contribution in [3.05, 3.63) is 0 Å². The third-order valence-electron chi connectivity index (χ3n) is 1.28. The Morgan fingerprint density at radius 2 is 1.85 bits per heavy atom. The van der Waals surface area contributed by atoms with Crippen molar-refractivity contribution in [2.75, 3.05) is 6.61 Å². The SMILES string of the molecule is CC(C)(C)CC(O)COP(=O)(O)O. The maximum absolute atomic E-state index is 10.3. The highest BCUT2D eigenvalue weighted by atomic mass is 31.2. The number of aliphatic hydroxyl groups is 1. The summed E-state index contributed by atoms with van der Waals surface area (Å²) in [5, 5.41) is 9.28. The van der Waals surface area contributed by atoms with Gasteiger partial charge < -0.3 is 14.9 Å². The summed E-state index contributed by atoms with van der Waals surface area (Å²) in [7, 11) is -4.45. The summed E-state index contributed by atoms with van der Waals surface area (Å²) in [6.45, 7) is 5.44. The van der Waals surface area contributed by atoms with Crippen molar-refractivity contribution in [2.24, 2.45) is 5.41 Å². The average molecular weight is 212 g/mol. The van der Waals surface area contributed by atoms with Gasteiger partial charge in [-0.05, 0) is 11.8 Å². The summed E-state index contributed by atoms with van der Waals surface area (Å²) in [4.78, 5) is 16.7. The summed E-state index contributed by atoms with van der Waals surface area (Å²) in [5.74, 6) is 0. The van der Waals surface area contributed by atoms with E-state index in [2.05, 4.69) is 4.52 Å². The predicted octanol–water partition coefficient (Wildman–Crippen LogP) is 0.893. The molecule has 0 fully saturated rings. The molecule has 5 nitrogen and oxygen atoms in total. The maximum atomic E-state index is 10.3. The lowest BCUT2D eigenvalue weighted by Crippen LogP contribution is -2.21. The van der Waals surface area contributed by atoms with Gasteiger partial charge in [0.25, 0.3) is 0 Å². The van der Waals surface area contributed by atoms with E-state index < -0.39 is 13.9 Å². The molecule has 0 saturated heterocycles. The Kier molecular flexibility index (Phi) is 4.55. The van der Waals surface area contributed by atoms with Gasteiger partial charge in [0.05, 0.1) is 12.7 Å². The van der Waals surface area contributed by atoms with Crippen LogP contribution in [0.1, 0.15) is 27.2 Å². The van der Waals surface area contributed by atoms with Crippen LogP contribution in [-0.2, 0) is 9.09 Å². The second-order valence-electron chi connectivity index (χ2n) is 4.20. The number of rotatable bonds is 4. The van der Waals surface area contributed by atoms with Gasteiger partial charge in [0.2, 0.25) is 0 Å². The second kappa shape index (κ2) is 4.53. The van der Waals surface area contributed by atoms with E-state index in [1.807, 2.05) is 20.8 Å². The van der Waals surface area contributed by atoms with Crippen molar-refractivity contribution in [1.29, 1.82) is 0 Å². The van der Waals surface area contributed by atoms with Crippen LogP contribution in [0.25, 0.3) is 0 Å². The van der Waals surface area contributed by atoms with Gasteiger partial charge in [-0.25, -0.2) is 4.57 Å². The van der Waals surface area contributed by atoms with Gasteiger partial charge in [-0.1, -0.05) is 20.8 Å². The lowest BCUT2D eigenvalue weighted by atomic mass is 9.89. The number of phosphoric ester groups is 1. The van der Waals surface area contributed by atoms with Gasteiger partial charge in [0.15, 0.2) is 0 Å². The molecule has 0 bridgehead atoms. The molecule has 0 amide bonds. The second-order valence-corrected chi connectivity index (χ2v) is 5.44. The summed E-state index contributed by atoms with van der Waals surface area (Å²) in [5.41, 5.74) is -0.0856. The fourth-order valence-corrected chi connectivity index (χ4v) is 1.32. The largest absolute Gasteiger partial charge is 0.469 e. The topological polar surface area (TPSA) is 87.0 Å². The number of phosphoric acid groups is 1. The molecule has 0 saturated carbocycles. The van der Waals surface area contributed by atoms with Crippen LogP contribution >= 0.6 is 7.82 Å². The van der Waals surface area contributed by atoms with Gasteiger partial charge >= 0.3 is 7.82 Å². The molecule has 0 aromatic carbocycles. The number of hydrogen-bond donors (Lipinski definition) is 3. The molecule has 0 heterocycles. The molecule has 0 rings (SSSR count). The molecule has 13 heavy (non-hydrogen) atoms. The zero-order valence-corrected chi connectivity index (χ0v) is 8.99. The number of aliphatic hydroxyl groups excluding tert-OH is 1. The van der Waals surface area contributed by atoms with E-state index in [1.165, 1.54) is 0 Å². The summed E-state index contributed by atoms with van der Waals surface area (Å²) in [6, 6.07) is 0. The van der Waals surface area contributed by atoms with Crippen molar-refractivity contribution < 1.29 is 24.0 Å². The van der Waals surface area contributed by atoms with Crippen LogP contribution < -0.4 is 0 Å². The molecule has 3 N–H and O–H groups in total. The van der Waals surface area contributed by atoms with Crippen molar-refractivity contribution in [3.63, 3.8) is 0 Å². The van der Waals surface area contributed by atoms with E-state index in [9.17, 15) is 9.67 Å². The Morgan fingerprint density at radius 1 is 1.38 bits per heavy atom. The summed E-state index contributed by atoms with van der Waals surface area (Å²) in [6.07, 6.45) is -0.403. The van der Waals surface area contributed by atoms with Crippen LogP contribution in [-0.4, -0.2) is 27.6 Å². The van der Waals surface area contributed by atoms with E-state index in [4.69, 9.17) is 9.79 Å². The quantitative estimate of drug-likeness (QED) is 0.602. The van der Waals surface area contributed by atoms with Gasteiger partial charge in [0, 0.05) is 0 Å². The van der Waals surface area contributed by atoms with Crippen molar-refractivity contribution in [3.8, 4) is 0 Å². The molecule has 0 aromatic rings. The maximum Gasteiger partial charge on any atom is 0.469 e. The molecule has 80 valence electrons. The average Bonchev–Trinajstić information content (AvgIpc) is 1.78. The predicted molar refractivity (Wildman–Crippen MR) is 48.1 cm³/mol. The van der Waals surface area contributed by atoms with E-state index in [-0.39, 0.29) is 12.0 Å². The van der Waals surface area contributed by atoms with Crippen LogP contribution in [0.3, 0.4) is 0 Å². The first kappa shape index (κ1) is 13.1. The van der Waals surface area contributed by atoms with Crippen LogP contribution in [0.2, 0.25) is 0 Å². The third kappa shape index (κ3) is 9.99. The normalized spacial score (nSPS) is 15.8. The first-order valence-corrected chi connectivity index (χ1v) is 5.51. The first-order valence-electron chi connectivity index (χ1n) is 3.98. The standard InChI is InChI=1S/C7H17O5P/c1-7(2,3)4-6(8)5-12-13(9,10)11/h6,8H,4-5H2,1-3H3,(H2,9,10,11). The van der Waals surface area contributed by atoms with Crippen molar-refractivity contribution >= 4 is 7.82 Å². The lowest BCUT2D eigenvalue weighted by molar-refractivity contribution is 0.0560. The Bertz CT molecular complexity index is 192. The molecule has 0 aliphatic rings. The summed E-state index contributed by atoms with van der Waals surface area (Å²) < 4.78 is 14.4. The highest BCUT2D eigenvalue weighted by Gasteiger charge is 2.21. The lowest BCUT2D eigenvalue weighted by Gasteiger charge is -2.22. The number of hydrogen-bond acceptors (Lipinski definition) is 3. The van der Waals surface area contributed by atoms with E-state index in [0.29, 0.717) is 6.42 Å². The van der Waals surface area contributed by atoms with Gasteiger partial charge in [-0.2, -0.15) is 0 Å². The van der Waals surface area contributed by atoms with Gasteiger partial charge in [0.1, 0.15) is 0 Å². The minimum absolute atomic E-state index is 0.0856. The highest BCUT2D eigenvalue weighted by Crippen LogP contribution is 2.36. The Hall–Kier alpha value is 0.0700. The van der Waals surface area contributed by atoms with Crippen LogP contribution in [0, 0.1) is 5.41 Å². The Labute approximate surface area is 78.0 Å². The molecule has 1 unspecified atom stereocenters. The zero-order chi connectivity index (χ0) is 10.7. The van der Waals surface area contributed by atoms with Crippen LogP contribution in [0.15, 0.2) is 0 Å². The molecule has 0 aliphatic carbocycles. The third-order valence-corrected chi connectivity index (χ3v) is 1.77. The van der Waals surface area contributed by atoms with Crippen LogP contribution in [0.5, 0.6) is 0 Å². The van der Waals surface area contributed by atoms with Crippen molar-refractivity contribution in [1.82, 2.24) is 0 Å². The van der Waals surface area contributed by atoms with Crippen molar-refractivity contribution in [2.45, 2.75) is 33.3 Å². The first-order chi connectivity index (χ1) is 5.60. The minimum atomic E-state index is -4.45. The molecule has 6 heteroatoms.